The zero-order valence-electron chi connectivity index (χ0n) is 30.1. The maximum Gasteiger partial charge on any atom is 0.229 e. The first-order valence-corrected chi connectivity index (χ1v) is 18.7. The van der Waals surface area contributed by atoms with E-state index in [0.29, 0.717) is 11.2 Å². The SMILES string of the molecule is N=C(/N=c1/nc(-c2ccc3c(c2)oc2ccccc23)c2ccccc2[nH]1)c1cccc(-c2cccc(-c3ccc4c5ccccc5c5ccccc5c4c3)c2)c1. The molecule has 0 radical (unpaired) electrons. The van der Waals surface area contributed by atoms with E-state index in [9.17, 15) is 0 Å². The Morgan fingerprint density at radius 1 is 0.429 bits per heavy atom. The topological polar surface area (TPSA) is 78.0 Å². The molecule has 11 aromatic rings. The van der Waals surface area contributed by atoms with Crippen LogP contribution in [-0.4, -0.2) is 15.8 Å². The molecule has 0 aliphatic heterocycles. The van der Waals surface area contributed by atoms with Gasteiger partial charge in [0.15, 0.2) is 5.84 Å². The number of benzene rings is 9. The molecule has 0 bridgehead atoms. The second-order valence-electron chi connectivity index (χ2n) is 14.2. The predicted octanol–water partition coefficient (Wildman–Crippen LogP) is 12.8. The van der Waals surface area contributed by atoms with Crippen molar-refractivity contribution in [2.24, 2.45) is 4.99 Å². The van der Waals surface area contributed by atoms with E-state index >= 15 is 0 Å². The van der Waals surface area contributed by atoms with Crippen molar-refractivity contribution in [3.8, 4) is 33.5 Å². The number of aromatic nitrogens is 2. The number of fused-ring (bicyclic) bond motifs is 10. The molecular formula is C51H32N4O. The minimum atomic E-state index is 0.120. The van der Waals surface area contributed by atoms with Crippen LogP contribution in [0.5, 0.6) is 0 Å². The van der Waals surface area contributed by atoms with Crippen LogP contribution in [-0.2, 0) is 0 Å². The smallest absolute Gasteiger partial charge is 0.229 e. The van der Waals surface area contributed by atoms with E-state index in [1.54, 1.807) is 0 Å². The molecule has 0 amide bonds. The third-order valence-corrected chi connectivity index (χ3v) is 10.9. The van der Waals surface area contributed by atoms with Crippen LogP contribution in [0.15, 0.2) is 191 Å². The molecule has 56 heavy (non-hydrogen) atoms. The van der Waals surface area contributed by atoms with Crippen molar-refractivity contribution in [3.05, 3.63) is 193 Å². The highest BCUT2D eigenvalue weighted by molar-refractivity contribution is 6.25. The lowest BCUT2D eigenvalue weighted by molar-refractivity contribution is 0.669. The van der Waals surface area contributed by atoms with E-state index in [-0.39, 0.29) is 5.84 Å². The van der Waals surface area contributed by atoms with Crippen molar-refractivity contribution in [2.75, 3.05) is 0 Å². The lowest BCUT2D eigenvalue weighted by Crippen LogP contribution is -2.17. The molecule has 0 saturated carbocycles. The summed E-state index contributed by atoms with van der Waals surface area (Å²) in [5, 5.41) is 19.8. The van der Waals surface area contributed by atoms with Crippen molar-refractivity contribution >= 4 is 71.0 Å². The Morgan fingerprint density at radius 2 is 0.964 bits per heavy atom. The van der Waals surface area contributed by atoms with Crippen molar-refractivity contribution in [1.29, 1.82) is 5.41 Å². The Hall–Kier alpha value is -7.63. The van der Waals surface area contributed by atoms with Gasteiger partial charge >= 0.3 is 0 Å². The summed E-state index contributed by atoms with van der Waals surface area (Å²) in [5.41, 5.74) is 9.66. The number of furan rings is 1. The first kappa shape index (κ1) is 31.9. The second kappa shape index (κ2) is 12.8. The zero-order valence-corrected chi connectivity index (χ0v) is 30.1. The van der Waals surface area contributed by atoms with Gasteiger partial charge in [-0.1, -0.05) is 140 Å². The number of amidine groups is 1. The number of aromatic amines is 1. The zero-order chi connectivity index (χ0) is 37.2. The van der Waals surface area contributed by atoms with Gasteiger partial charge in [0, 0.05) is 27.3 Å². The maximum atomic E-state index is 9.11. The molecule has 2 heterocycles. The fourth-order valence-corrected chi connectivity index (χ4v) is 8.24. The quantitative estimate of drug-likeness (QED) is 0.108. The Balaban J connectivity index is 0.956. The van der Waals surface area contributed by atoms with Crippen LogP contribution >= 0.6 is 0 Å². The van der Waals surface area contributed by atoms with Gasteiger partial charge in [0.25, 0.3) is 0 Å². The summed E-state index contributed by atoms with van der Waals surface area (Å²) in [6.07, 6.45) is 0. The first-order chi connectivity index (χ1) is 27.6. The monoisotopic (exact) mass is 716 g/mol. The lowest BCUT2D eigenvalue weighted by Gasteiger charge is -2.13. The van der Waals surface area contributed by atoms with E-state index in [1.807, 2.05) is 66.7 Å². The van der Waals surface area contributed by atoms with Gasteiger partial charge in [-0.3, -0.25) is 5.41 Å². The summed E-state index contributed by atoms with van der Waals surface area (Å²) in [4.78, 5) is 13.1. The number of hydrogen-bond acceptors (Lipinski definition) is 3. The minimum Gasteiger partial charge on any atom is -0.456 e. The van der Waals surface area contributed by atoms with Gasteiger partial charge in [0.05, 0.1) is 11.2 Å². The number of hydrogen-bond donors (Lipinski definition) is 2. The summed E-state index contributed by atoms with van der Waals surface area (Å²) in [6, 6.07) is 63.1. The molecule has 0 unspecified atom stereocenters. The number of para-hydroxylation sites is 2. The highest BCUT2D eigenvalue weighted by Crippen LogP contribution is 2.38. The highest BCUT2D eigenvalue weighted by Gasteiger charge is 2.14. The van der Waals surface area contributed by atoms with Crippen molar-refractivity contribution < 1.29 is 4.42 Å². The molecule has 0 spiro atoms. The molecule has 5 nitrogen and oxygen atoms in total. The molecule has 0 fully saturated rings. The summed E-state index contributed by atoms with van der Waals surface area (Å²) < 4.78 is 6.21. The van der Waals surface area contributed by atoms with Crippen LogP contribution in [0.4, 0.5) is 0 Å². The standard InChI is InChI=1S/C51H32N4O/c52-50(55-51-53-46-21-7-5-20-44(46)49(54-51)35-24-26-43-42-19-6-8-22-47(42)56-48(43)30-35)36-14-10-13-33(28-36)31-11-9-12-32(27-31)34-23-25-41-39-17-2-1-15-37(39)38-16-3-4-18-40(38)45(41)29-34/h1-30H,(H2,52,53,54,55). The fraction of sp³-hybridized carbons (Fsp3) is 0. The van der Waals surface area contributed by atoms with Gasteiger partial charge in [0.2, 0.25) is 5.62 Å². The largest absolute Gasteiger partial charge is 0.456 e. The normalized spacial score (nSPS) is 12.1. The van der Waals surface area contributed by atoms with Crippen molar-refractivity contribution in [1.82, 2.24) is 9.97 Å². The van der Waals surface area contributed by atoms with Gasteiger partial charge in [-0.2, -0.15) is 4.99 Å². The molecule has 262 valence electrons. The lowest BCUT2D eigenvalue weighted by atomic mass is 9.91. The number of rotatable bonds is 4. The molecular weight excluding hydrogens is 685 g/mol. The third-order valence-electron chi connectivity index (χ3n) is 10.9. The van der Waals surface area contributed by atoms with Crippen LogP contribution < -0.4 is 5.62 Å². The molecule has 0 saturated heterocycles. The van der Waals surface area contributed by atoms with E-state index in [1.165, 1.54) is 32.3 Å². The van der Waals surface area contributed by atoms with E-state index in [4.69, 9.17) is 19.8 Å². The molecule has 0 aliphatic carbocycles. The number of H-pyrrole nitrogens is 1. The van der Waals surface area contributed by atoms with Crippen molar-refractivity contribution in [2.45, 2.75) is 0 Å². The molecule has 9 aromatic carbocycles. The fourth-order valence-electron chi connectivity index (χ4n) is 8.24. The van der Waals surface area contributed by atoms with E-state index < -0.39 is 0 Å². The average Bonchev–Trinajstić information content (AvgIpc) is 3.64. The molecule has 2 aromatic heterocycles. The van der Waals surface area contributed by atoms with Crippen LogP contribution in [0.1, 0.15) is 5.56 Å². The predicted molar refractivity (Wildman–Crippen MR) is 231 cm³/mol. The second-order valence-corrected chi connectivity index (χ2v) is 14.2. The van der Waals surface area contributed by atoms with Crippen molar-refractivity contribution in [3.63, 3.8) is 0 Å². The average molecular weight is 717 g/mol. The van der Waals surface area contributed by atoms with Gasteiger partial charge in [-0.05, 0) is 97.0 Å². The Morgan fingerprint density at radius 3 is 1.71 bits per heavy atom. The van der Waals surface area contributed by atoms with Gasteiger partial charge < -0.3 is 9.40 Å². The summed E-state index contributed by atoms with van der Waals surface area (Å²) in [6.45, 7) is 0. The van der Waals surface area contributed by atoms with Crippen LogP contribution in [0.2, 0.25) is 0 Å². The Bertz CT molecular complexity index is 3430. The molecule has 11 rings (SSSR count). The first-order valence-electron chi connectivity index (χ1n) is 18.7. The summed E-state index contributed by atoms with van der Waals surface area (Å²) >= 11 is 0. The minimum absolute atomic E-state index is 0.120. The van der Waals surface area contributed by atoms with E-state index in [2.05, 4.69) is 120 Å². The van der Waals surface area contributed by atoms with Gasteiger partial charge in [-0.25, -0.2) is 4.98 Å². The Kier molecular flexibility index (Phi) is 7.25. The highest BCUT2D eigenvalue weighted by atomic mass is 16.3. The summed E-state index contributed by atoms with van der Waals surface area (Å²) in [5.74, 6) is 0.120. The molecule has 5 heteroatoms. The number of nitrogens with zero attached hydrogens (tertiary/aromatic N) is 2. The third kappa shape index (κ3) is 5.29. The van der Waals surface area contributed by atoms with Crippen LogP contribution in [0.25, 0.3) is 98.7 Å². The number of nitrogens with one attached hydrogen (secondary N) is 2. The van der Waals surface area contributed by atoms with Crippen LogP contribution in [0, 0.1) is 5.41 Å². The maximum absolute atomic E-state index is 9.11. The van der Waals surface area contributed by atoms with Gasteiger partial charge in [-0.15, -0.1) is 0 Å². The van der Waals surface area contributed by atoms with E-state index in [0.717, 1.165) is 66.4 Å². The van der Waals surface area contributed by atoms with Gasteiger partial charge in [0.1, 0.15) is 11.2 Å². The molecule has 0 aliphatic rings. The molecule has 2 N–H and O–H groups in total. The molecule has 0 atom stereocenters. The Labute approximate surface area is 321 Å². The van der Waals surface area contributed by atoms with Crippen LogP contribution in [0.3, 0.4) is 0 Å². The summed E-state index contributed by atoms with van der Waals surface area (Å²) in [7, 11) is 0.